The summed E-state index contributed by atoms with van der Waals surface area (Å²) in [6.45, 7) is 0.599. The second-order valence-corrected chi connectivity index (χ2v) is 5.30. The number of hydrogen-bond acceptors (Lipinski definition) is 2. The van der Waals surface area contributed by atoms with Crippen LogP contribution in [0.15, 0.2) is 29.3 Å². The maximum Gasteiger partial charge on any atom is 0.253 e. The number of rotatable bonds is 3. The van der Waals surface area contributed by atoms with Gasteiger partial charge in [-0.05, 0) is 17.7 Å². The molecule has 0 atom stereocenters. The van der Waals surface area contributed by atoms with E-state index in [9.17, 15) is 4.79 Å². The van der Waals surface area contributed by atoms with Crippen molar-refractivity contribution in [2.24, 2.45) is 4.99 Å². The van der Waals surface area contributed by atoms with E-state index in [0.717, 1.165) is 11.5 Å². The molecule has 0 aliphatic carbocycles. The molecule has 0 saturated carbocycles. The molecule has 1 amide bonds. The van der Waals surface area contributed by atoms with Crippen LogP contribution in [0.2, 0.25) is 0 Å². The SMILES string of the molecule is CN(C)C(=O)c1ccc(CN=C(N(C)C)N(C)C)cc1.I. The lowest BCUT2D eigenvalue weighted by Crippen LogP contribution is -2.35. The van der Waals surface area contributed by atoms with Crippen molar-refractivity contribution in [2.45, 2.75) is 6.54 Å². The van der Waals surface area contributed by atoms with Crippen LogP contribution in [0.3, 0.4) is 0 Å². The fourth-order valence-electron chi connectivity index (χ4n) is 1.86. The van der Waals surface area contributed by atoms with Crippen molar-refractivity contribution >= 4 is 35.8 Å². The predicted molar refractivity (Wildman–Crippen MR) is 98.4 cm³/mol. The lowest BCUT2D eigenvalue weighted by atomic mass is 10.1. The first-order valence-corrected chi connectivity index (χ1v) is 6.52. The van der Waals surface area contributed by atoms with Crippen molar-refractivity contribution in [3.63, 3.8) is 0 Å². The van der Waals surface area contributed by atoms with Gasteiger partial charge in [-0.25, -0.2) is 4.99 Å². The Balaban J connectivity index is 0.00000400. The third-order valence-electron chi connectivity index (χ3n) is 2.81. The summed E-state index contributed by atoms with van der Waals surface area (Å²) in [7, 11) is 11.4. The smallest absolute Gasteiger partial charge is 0.253 e. The molecule has 5 nitrogen and oxygen atoms in total. The summed E-state index contributed by atoms with van der Waals surface area (Å²) >= 11 is 0. The van der Waals surface area contributed by atoms with Gasteiger partial charge in [-0.2, -0.15) is 0 Å². The summed E-state index contributed by atoms with van der Waals surface area (Å²) < 4.78 is 0. The Labute approximate surface area is 144 Å². The van der Waals surface area contributed by atoms with Gasteiger partial charge in [0.05, 0.1) is 6.54 Å². The number of hydrogen-bond donors (Lipinski definition) is 0. The van der Waals surface area contributed by atoms with Crippen LogP contribution in [0.4, 0.5) is 0 Å². The molecule has 0 aliphatic rings. The van der Waals surface area contributed by atoms with Crippen LogP contribution in [0.25, 0.3) is 0 Å². The van der Waals surface area contributed by atoms with Gasteiger partial charge >= 0.3 is 0 Å². The van der Waals surface area contributed by atoms with E-state index in [-0.39, 0.29) is 29.9 Å². The Morgan fingerprint density at radius 1 is 0.905 bits per heavy atom. The summed E-state index contributed by atoms with van der Waals surface area (Å²) in [6.07, 6.45) is 0. The van der Waals surface area contributed by atoms with E-state index in [4.69, 9.17) is 0 Å². The van der Waals surface area contributed by atoms with Crippen molar-refractivity contribution < 1.29 is 4.79 Å². The van der Waals surface area contributed by atoms with Crippen LogP contribution < -0.4 is 0 Å². The predicted octanol–water partition coefficient (Wildman–Crippen LogP) is 1.99. The molecule has 0 radical (unpaired) electrons. The summed E-state index contributed by atoms with van der Waals surface area (Å²) in [5.41, 5.74) is 1.78. The van der Waals surface area contributed by atoms with Crippen molar-refractivity contribution in [3.8, 4) is 0 Å². The molecular formula is C15H25IN4O. The Bertz CT molecular complexity index is 471. The topological polar surface area (TPSA) is 39.2 Å². The average Bonchev–Trinajstić information content (AvgIpc) is 2.38. The standard InChI is InChI=1S/C15H24N4O.HI/c1-17(2)14(20)13-9-7-12(8-10-13)11-16-15(18(3)4)19(5)6;/h7-10H,11H2,1-6H3;1H. The van der Waals surface area contributed by atoms with Crippen molar-refractivity contribution in [2.75, 3.05) is 42.3 Å². The third kappa shape index (κ3) is 5.91. The Kier molecular flexibility index (Phi) is 8.31. The molecule has 0 N–H and O–H groups in total. The highest BCUT2D eigenvalue weighted by Crippen LogP contribution is 2.08. The molecule has 118 valence electrons. The molecule has 21 heavy (non-hydrogen) atoms. The maximum absolute atomic E-state index is 11.8. The first kappa shape index (κ1) is 19.7. The molecule has 1 aromatic rings. The zero-order chi connectivity index (χ0) is 15.3. The van der Waals surface area contributed by atoms with Gasteiger partial charge in [-0.15, -0.1) is 24.0 Å². The van der Waals surface area contributed by atoms with Crippen LogP contribution in [0.1, 0.15) is 15.9 Å². The summed E-state index contributed by atoms with van der Waals surface area (Å²) in [5, 5.41) is 0. The van der Waals surface area contributed by atoms with E-state index in [0.29, 0.717) is 12.1 Å². The van der Waals surface area contributed by atoms with Crippen LogP contribution in [-0.4, -0.2) is 68.9 Å². The monoisotopic (exact) mass is 404 g/mol. The molecule has 1 aromatic carbocycles. The molecule has 0 fully saturated rings. The van der Waals surface area contributed by atoms with E-state index < -0.39 is 0 Å². The lowest BCUT2D eigenvalue weighted by Gasteiger charge is -2.22. The number of carbonyl (C=O) groups excluding carboxylic acids is 1. The highest BCUT2D eigenvalue weighted by Gasteiger charge is 2.07. The van der Waals surface area contributed by atoms with Gasteiger partial charge in [0.2, 0.25) is 0 Å². The minimum Gasteiger partial charge on any atom is -0.349 e. The fourth-order valence-corrected chi connectivity index (χ4v) is 1.86. The fraction of sp³-hybridized carbons (Fsp3) is 0.467. The zero-order valence-corrected chi connectivity index (χ0v) is 16.0. The average molecular weight is 404 g/mol. The van der Waals surface area contributed by atoms with Crippen LogP contribution in [-0.2, 0) is 6.54 Å². The van der Waals surface area contributed by atoms with Gasteiger partial charge in [0.1, 0.15) is 0 Å². The quantitative estimate of drug-likeness (QED) is 0.440. The number of amides is 1. The molecule has 0 aromatic heterocycles. The van der Waals surface area contributed by atoms with Crippen LogP contribution in [0, 0.1) is 0 Å². The van der Waals surface area contributed by atoms with Gasteiger partial charge in [-0.1, -0.05) is 12.1 Å². The lowest BCUT2D eigenvalue weighted by molar-refractivity contribution is 0.0827. The first-order chi connectivity index (χ1) is 9.32. The Hall–Kier alpha value is -1.31. The largest absolute Gasteiger partial charge is 0.349 e. The minimum absolute atomic E-state index is 0. The van der Waals surface area contributed by atoms with Gasteiger partial charge in [0, 0.05) is 47.8 Å². The minimum atomic E-state index is 0. The van der Waals surface area contributed by atoms with Crippen LogP contribution >= 0.6 is 24.0 Å². The number of carbonyl (C=O) groups is 1. The van der Waals surface area contributed by atoms with Crippen molar-refractivity contribution in [1.29, 1.82) is 0 Å². The number of nitrogens with zero attached hydrogens (tertiary/aromatic N) is 4. The second kappa shape index (κ2) is 8.86. The molecule has 0 heterocycles. The van der Waals surface area contributed by atoms with Crippen molar-refractivity contribution in [3.05, 3.63) is 35.4 Å². The van der Waals surface area contributed by atoms with Gasteiger partial charge < -0.3 is 14.7 Å². The van der Waals surface area contributed by atoms with E-state index >= 15 is 0 Å². The molecule has 0 bridgehead atoms. The van der Waals surface area contributed by atoms with E-state index in [1.165, 1.54) is 0 Å². The third-order valence-corrected chi connectivity index (χ3v) is 2.81. The number of benzene rings is 1. The van der Waals surface area contributed by atoms with Gasteiger partial charge in [0.15, 0.2) is 5.96 Å². The maximum atomic E-state index is 11.8. The summed E-state index contributed by atoms with van der Waals surface area (Å²) in [6, 6.07) is 7.59. The van der Waals surface area contributed by atoms with E-state index in [1.54, 1.807) is 19.0 Å². The first-order valence-electron chi connectivity index (χ1n) is 6.52. The highest BCUT2D eigenvalue weighted by molar-refractivity contribution is 14.0. The van der Waals surface area contributed by atoms with Gasteiger partial charge in [0.25, 0.3) is 5.91 Å². The molecule has 0 saturated heterocycles. The van der Waals surface area contributed by atoms with Gasteiger partial charge in [-0.3, -0.25) is 4.79 Å². The van der Waals surface area contributed by atoms with Crippen molar-refractivity contribution in [1.82, 2.24) is 14.7 Å². The molecule has 1 rings (SSSR count). The number of aliphatic imine (C=N–C) groups is 1. The number of halogens is 1. The normalized spacial score (nSPS) is 9.43. The highest BCUT2D eigenvalue weighted by atomic mass is 127. The summed E-state index contributed by atoms with van der Waals surface area (Å²) in [4.78, 5) is 21.9. The molecule has 0 unspecified atom stereocenters. The van der Waals surface area contributed by atoms with E-state index in [1.807, 2.05) is 62.3 Å². The molecule has 0 spiro atoms. The van der Waals surface area contributed by atoms with Crippen LogP contribution in [0.5, 0.6) is 0 Å². The second-order valence-electron chi connectivity index (χ2n) is 5.30. The Morgan fingerprint density at radius 2 is 1.38 bits per heavy atom. The number of guanidine groups is 1. The zero-order valence-electron chi connectivity index (χ0n) is 13.6. The van der Waals surface area contributed by atoms with E-state index in [2.05, 4.69) is 4.99 Å². The summed E-state index contributed by atoms with van der Waals surface area (Å²) in [5.74, 6) is 0.931. The molecule has 0 aliphatic heterocycles. The molecular weight excluding hydrogens is 379 g/mol. The molecule has 6 heteroatoms. The Morgan fingerprint density at radius 3 is 1.76 bits per heavy atom.